The van der Waals surface area contributed by atoms with Crippen LogP contribution in [-0.4, -0.2) is 23.3 Å². The minimum Gasteiger partial charge on any atom is -0.302 e. The summed E-state index contributed by atoms with van der Waals surface area (Å²) >= 11 is 0. The van der Waals surface area contributed by atoms with Crippen molar-refractivity contribution in [3.8, 4) is 0 Å². The highest BCUT2D eigenvalue weighted by molar-refractivity contribution is 5.61. The summed E-state index contributed by atoms with van der Waals surface area (Å²) < 4.78 is 0. The SMILES string of the molecule is C[C@H](c1ccccc1)N1[C@@H]2C=C[C@@H](C2)[C@H]1C=O. The van der Waals surface area contributed by atoms with Crippen LogP contribution in [0.4, 0.5) is 0 Å². The van der Waals surface area contributed by atoms with Crippen molar-refractivity contribution < 1.29 is 4.79 Å². The van der Waals surface area contributed by atoms with Gasteiger partial charge in [0, 0.05) is 18.0 Å². The second-order valence-corrected chi connectivity index (χ2v) is 5.01. The summed E-state index contributed by atoms with van der Waals surface area (Å²) in [6.45, 7) is 2.19. The van der Waals surface area contributed by atoms with Crippen molar-refractivity contribution in [2.45, 2.75) is 31.5 Å². The van der Waals surface area contributed by atoms with E-state index in [1.807, 2.05) is 6.07 Å². The molecule has 0 spiro atoms. The average molecular weight is 227 g/mol. The molecule has 4 atom stereocenters. The summed E-state index contributed by atoms with van der Waals surface area (Å²) in [5.41, 5.74) is 1.29. The Bertz CT molecular complexity index is 439. The van der Waals surface area contributed by atoms with Gasteiger partial charge >= 0.3 is 0 Å². The quantitative estimate of drug-likeness (QED) is 0.584. The molecule has 1 aromatic carbocycles. The Labute approximate surface area is 102 Å². The average Bonchev–Trinajstić information content (AvgIpc) is 2.98. The zero-order chi connectivity index (χ0) is 11.8. The first-order valence-corrected chi connectivity index (χ1v) is 6.27. The third kappa shape index (κ3) is 1.64. The second kappa shape index (κ2) is 4.11. The number of fused-ring (bicyclic) bond motifs is 2. The minimum atomic E-state index is 0.0696. The van der Waals surface area contributed by atoms with Gasteiger partial charge in [0.25, 0.3) is 0 Å². The number of likely N-dealkylation sites (tertiary alicyclic amines) is 1. The lowest BCUT2D eigenvalue weighted by atomic mass is 10.0. The van der Waals surface area contributed by atoms with Crippen molar-refractivity contribution >= 4 is 6.29 Å². The summed E-state index contributed by atoms with van der Waals surface area (Å²) in [6, 6.07) is 11.3. The Morgan fingerprint density at radius 3 is 2.76 bits per heavy atom. The van der Waals surface area contributed by atoms with Crippen LogP contribution in [0.5, 0.6) is 0 Å². The van der Waals surface area contributed by atoms with E-state index in [1.165, 1.54) is 5.56 Å². The topological polar surface area (TPSA) is 20.3 Å². The van der Waals surface area contributed by atoms with Gasteiger partial charge in [0.1, 0.15) is 6.29 Å². The third-order valence-corrected chi connectivity index (χ3v) is 4.13. The predicted octanol–water partition coefficient (Wildman–Crippen LogP) is 2.58. The van der Waals surface area contributed by atoms with Crippen molar-refractivity contribution in [3.63, 3.8) is 0 Å². The molecule has 0 radical (unpaired) electrons. The smallest absolute Gasteiger partial charge is 0.137 e. The van der Waals surface area contributed by atoms with Crippen LogP contribution in [0.15, 0.2) is 42.5 Å². The normalized spacial score (nSPS) is 32.9. The zero-order valence-electron chi connectivity index (χ0n) is 9.99. The molecule has 1 saturated heterocycles. The molecule has 1 heterocycles. The second-order valence-electron chi connectivity index (χ2n) is 5.01. The molecule has 0 aromatic heterocycles. The van der Waals surface area contributed by atoms with Crippen LogP contribution in [0.3, 0.4) is 0 Å². The summed E-state index contributed by atoms with van der Waals surface area (Å²) in [4.78, 5) is 13.6. The lowest BCUT2D eigenvalue weighted by Gasteiger charge is -2.34. The maximum atomic E-state index is 11.3. The molecule has 17 heavy (non-hydrogen) atoms. The van der Waals surface area contributed by atoms with E-state index in [9.17, 15) is 4.79 Å². The van der Waals surface area contributed by atoms with E-state index in [2.05, 4.69) is 48.2 Å². The van der Waals surface area contributed by atoms with Gasteiger partial charge in [-0.3, -0.25) is 4.90 Å². The molecule has 0 saturated carbocycles. The molecule has 1 fully saturated rings. The highest BCUT2D eigenvalue weighted by atomic mass is 16.1. The maximum Gasteiger partial charge on any atom is 0.137 e. The molecule has 2 heteroatoms. The number of carbonyl (C=O) groups is 1. The molecule has 0 N–H and O–H groups in total. The van der Waals surface area contributed by atoms with E-state index in [1.54, 1.807) is 0 Å². The minimum absolute atomic E-state index is 0.0696. The fourth-order valence-corrected chi connectivity index (χ4v) is 3.24. The Hall–Kier alpha value is -1.41. The lowest BCUT2D eigenvalue weighted by Crippen LogP contribution is -2.41. The van der Waals surface area contributed by atoms with Gasteiger partial charge in [-0.2, -0.15) is 0 Å². The van der Waals surface area contributed by atoms with Crippen LogP contribution in [0, 0.1) is 5.92 Å². The van der Waals surface area contributed by atoms with Crippen LogP contribution in [0.2, 0.25) is 0 Å². The van der Waals surface area contributed by atoms with Crippen molar-refractivity contribution in [1.82, 2.24) is 4.90 Å². The molecule has 2 aliphatic rings. The molecule has 2 bridgehead atoms. The van der Waals surface area contributed by atoms with Crippen LogP contribution in [0.25, 0.3) is 0 Å². The molecule has 88 valence electrons. The van der Waals surface area contributed by atoms with E-state index in [-0.39, 0.29) is 6.04 Å². The van der Waals surface area contributed by atoms with Gasteiger partial charge in [-0.15, -0.1) is 0 Å². The van der Waals surface area contributed by atoms with Gasteiger partial charge in [-0.25, -0.2) is 0 Å². The molecule has 1 aliphatic carbocycles. The summed E-state index contributed by atoms with van der Waals surface area (Å²) in [7, 11) is 0. The van der Waals surface area contributed by atoms with Crippen LogP contribution in [0.1, 0.15) is 24.9 Å². The van der Waals surface area contributed by atoms with E-state index in [0.717, 1.165) is 12.7 Å². The monoisotopic (exact) mass is 227 g/mol. The van der Waals surface area contributed by atoms with E-state index >= 15 is 0 Å². The fraction of sp³-hybridized carbons (Fsp3) is 0.400. The first-order chi connectivity index (χ1) is 8.31. The van der Waals surface area contributed by atoms with Crippen molar-refractivity contribution in [3.05, 3.63) is 48.0 Å². The van der Waals surface area contributed by atoms with E-state index in [4.69, 9.17) is 0 Å². The van der Waals surface area contributed by atoms with Crippen molar-refractivity contribution in [1.29, 1.82) is 0 Å². The van der Waals surface area contributed by atoms with Gasteiger partial charge in [-0.05, 0) is 18.9 Å². The van der Waals surface area contributed by atoms with Gasteiger partial charge in [0.05, 0.1) is 6.04 Å². The summed E-state index contributed by atoms with van der Waals surface area (Å²) in [5, 5.41) is 0. The number of hydrogen-bond acceptors (Lipinski definition) is 2. The van der Waals surface area contributed by atoms with Crippen molar-refractivity contribution in [2.75, 3.05) is 0 Å². The molecular formula is C15H17NO. The van der Waals surface area contributed by atoms with Gasteiger partial charge in [0.2, 0.25) is 0 Å². The molecule has 0 amide bonds. The molecular weight excluding hydrogens is 210 g/mol. The Morgan fingerprint density at radius 1 is 1.29 bits per heavy atom. The fourth-order valence-electron chi connectivity index (χ4n) is 3.24. The van der Waals surface area contributed by atoms with Crippen molar-refractivity contribution in [2.24, 2.45) is 5.92 Å². The Morgan fingerprint density at radius 2 is 2.06 bits per heavy atom. The maximum absolute atomic E-state index is 11.3. The predicted molar refractivity (Wildman–Crippen MR) is 67.6 cm³/mol. The number of hydrogen-bond donors (Lipinski definition) is 0. The first kappa shape index (κ1) is 10.7. The highest BCUT2D eigenvalue weighted by Gasteiger charge is 2.44. The number of carbonyl (C=O) groups excluding carboxylic acids is 1. The molecule has 1 aromatic rings. The lowest BCUT2D eigenvalue weighted by molar-refractivity contribution is -0.113. The highest BCUT2D eigenvalue weighted by Crippen LogP contribution is 2.41. The van der Waals surface area contributed by atoms with Crippen LogP contribution < -0.4 is 0 Å². The molecule has 3 rings (SSSR count). The van der Waals surface area contributed by atoms with Gasteiger partial charge < -0.3 is 4.79 Å². The number of benzene rings is 1. The Kier molecular flexibility index (Phi) is 2.60. The number of aldehydes is 1. The van der Waals surface area contributed by atoms with Gasteiger partial charge in [0.15, 0.2) is 0 Å². The molecule has 2 nitrogen and oxygen atoms in total. The summed E-state index contributed by atoms with van der Waals surface area (Å²) in [6.07, 6.45) is 6.69. The van der Waals surface area contributed by atoms with E-state index in [0.29, 0.717) is 18.0 Å². The largest absolute Gasteiger partial charge is 0.302 e. The number of nitrogens with zero attached hydrogens (tertiary/aromatic N) is 1. The first-order valence-electron chi connectivity index (χ1n) is 6.27. The standard InChI is InChI=1S/C15H17NO/c1-11(12-5-3-2-4-6-12)16-14-8-7-13(9-14)15(16)10-17/h2-8,10-11,13-15H,9H2,1H3/t11-,13+,14-,15-/m1/s1. The molecule has 1 aliphatic heterocycles. The van der Waals surface area contributed by atoms with E-state index < -0.39 is 0 Å². The summed E-state index contributed by atoms with van der Waals surface area (Å²) in [5.74, 6) is 0.434. The zero-order valence-corrected chi connectivity index (χ0v) is 9.99. The van der Waals surface area contributed by atoms with Crippen LogP contribution >= 0.6 is 0 Å². The Balaban J connectivity index is 1.89. The number of rotatable bonds is 3. The van der Waals surface area contributed by atoms with Crippen LogP contribution in [-0.2, 0) is 4.79 Å². The van der Waals surface area contributed by atoms with Gasteiger partial charge in [-0.1, -0.05) is 42.5 Å². The molecule has 0 unspecified atom stereocenters. The third-order valence-electron chi connectivity index (χ3n) is 4.13.